The summed E-state index contributed by atoms with van der Waals surface area (Å²) in [4.78, 5) is 47.5. The SMILES string of the molecule is COC(=O)c1nc(N(CCCCN(C)C(=O)OC(C)(C)C)C(=O)OC(C)(C)C)ccc1-c1cnn(CC23CC4(C)CC(C)(C2)CC(OCCOS(=O)(=O)c2ccc(C)cc2)(C4)C3)c1C. The highest BCUT2D eigenvalue weighted by Crippen LogP contribution is 2.72. The Labute approximate surface area is 379 Å². The molecule has 2 amide bonds. The minimum atomic E-state index is -3.91. The fraction of sp³-hybridized carbons (Fsp3) is 0.646. The van der Waals surface area contributed by atoms with E-state index < -0.39 is 45.1 Å². The molecule has 7 rings (SSSR count). The second kappa shape index (κ2) is 18.0. The Hall–Kier alpha value is -4.54. The van der Waals surface area contributed by atoms with Crippen LogP contribution in [0.2, 0.25) is 0 Å². The molecule has 4 bridgehead atoms. The molecule has 2 aromatic heterocycles. The summed E-state index contributed by atoms with van der Waals surface area (Å²) in [6.07, 6.45) is 7.50. The predicted octanol–water partition coefficient (Wildman–Crippen LogP) is 9.28. The number of ether oxygens (including phenoxy) is 4. The van der Waals surface area contributed by atoms with Crippen molar-refractivity contribution in [3.8, 4) is 11.1 Å². The van der Waals surface area contributed by atoms with E-state index in [1.165, 1.54) is 16.9 Å². The molecule has 64 heavy (non-hydrogen) atoms. The summed E-state index contributed by atoms with van der Waals surface area (Å²) >= 11 is 0. The molecule has 0 N–H and O–H groups in total. The van der Waals surface area contributed by atoms with Gasteiger partial charge >= 0.3 is 18.2 Å². The average Bonchev–Trinajstić information content (AvgIpc) is 3.51. The molecule has 4 saturated carbocycles. The average molecular weight is 908 g/mol. The highest BCUT2D eigenvalue weighted by Gasteiger charge is 2.66. The van der Waals surface area contributed by atoms with Gasteiger partial charge in [-0.05, 0) is 147 Å². The maximum absolute atomic E-state index is 13.7. The molecule has 2 unspecified atom stereocenters. The first-order chi connectivity index (χ1) is 29.7. The molecular weight excluding hydrogens is 839 g/mol. The van der Waals surface area contributed by atoms with Crippen LogP contribution >= 0.6 is 0 Å². The van der Waals surface area contributed by atoms with Crippen molar-refractivity contribution < 1.29 is 45.9 Å². The first kappa shape index (κ1) is 48.9. The van der Waals surface area contributed by atoms with Crippen LogP contribution in [-0.2, 0) is 39.8 Å². The number of aromatic nitrogens is 3. The van der Waals surface area contributed by atoms with Gasteiger partial charge < -0.3 is 23.8 Å². The van der Waals surface area contributed by atoms with Gasteiger partial charge in [0.25, 0.3) is 10.1 Å². The van der Waals surface area contributed by atoms with Crippen molar-refractivity contribution in [3.05, 3.63) is 59.5 Å². The van der Waals surface area contributed by atoms with E-state index in [4.69, 9.17) is 33.2 Å². The van der Waals surface area contributed by atoms with Gasteiger partial charge in [-0.25, -0.2) is 19.4 Å². The first-order valence-corrected chi connectivity index (χ1v) is 23.7. The lowest BCUT2D eigenvalue weighted by atomic mass is 9.39. The number of anilines is 1. The van der Waals surface area contributed by atoms with Crippen LogP contribution in [-0.4, -0.2) is 104 Å². The smallest absolute Gasteiger partial charge is 0.416 e. The van der Waals surface area contributed by atoms with Crippen LogP contribution in [0.4, 0.5) is 15.4 Å². The minimum Gasteiger partial charge on any atom is -0.464 e. The monoisotopic (exact) mass is 907 g/mol. The highest BCUT2D eigenvalue weighted by molar-refractivity contribution is 7.86. The van der Waals surface area contributed by atoms with Crippen LogP contribution in [0.15, 0.2) is 47.5 Å². The Morgan fingerprint density at radius 3 is 2.00 bits per heavy atom. The van der Waals surface area contributed by atoms with Gasteiger partial charge in [0.2, 0.25) is 0 Å². The van der Waals surface area contributed by atoms with E-state index in [1.54, 1.807) is 70.4 Å². The second-order valence-electron chi connectivity index (χ2n) is 21.4. The summed E-state index contributed by atoms with van der Waals surface area (Å²) in [5.41, 5.74) is 1.20. The van der Waals surface area contributed by atoms with Crippen LogP contribution in [0.5, 0.6) is 0 Å². The Morgan fingerprint density at radius 2 is 1.39 bits per heavy atom. The van der Waals surface area contributed by atoms with Crippen LogP contribution in [0, 0.1) is 30.1 Å². The number of esters is 1. The summed E-state index contributed by atoms with van der Waals surface area (Å²) in [5.74, 6) is -0.439. The van der Waals surface area contributed by atoms with E-state index in [9.17, 15) is 22.8 Å². The number of aryl methyl sites for hydroxylation is 1. The Bertz CT molecular complexity index is 2290. The number of rotatable bonds is 16. The zero-order valence-corrected chi connectivity index (χ0v) is 40.8. The predicted molar refractivity (Wildman–Crippen MR) is 243 cm³/mol. The van der Waals surface area contributed by atoms with E-state index >= 15 is 0 Å². The zero-order chi connectivity index (χ0) is 47.1. The molecule has 352 valence electrons. The number of benzene rings is 1. The Morgan fingerprint density at radius 1 is 0.781 bits per heavy atom. The molecule has 0 radical (unpaired) electrons. The molecule has 2 heterocycles. The first-order valence-electron chi connectivity index (χ1n) is 22.3. The van der Waals surface area contributed by atoms with Crippen molar-refractivity contribution in [3.63, 3.8) is 0 Å². The van der Waals surface area contributed by atoms with Gasteiger partial charge in [-0.15, -0.1) is 0 Å². The summed E-state index contributed by atoms with van der Waals surface area (Å²) in [6.45, 7) is 20.7. The van der Waals surface area contributed by atoms with Crippen LogP contribution < -0.4 is 4.90 Å². The van der Waals surface area contributed by atoms with Crippen molar-refractivity contribution in [1.29, 1.82) is 0 Å². The highest BCUT2D eigenvalue weighted by atomic mass is 32.2. The number of pyridine rings is 1. The van der Waals surface area contributed by atoms with E-state index in [0.29, 0.717) is 37.1 Å². The van der Waals surface area contributed by atoms with E-state index in [2.05, 4.69) is 13.8 Å². The molecule has 1 aromatic carbocycles. The van der Waals surface area contributed by atoms with Gasteiger partial charge in [-0.1, -0.05) is 31.5 Å². The number of unbranched alkanes of at least 4 members (excludes halogenated alkanes) is 1. The van der Waals surface area contributed by atoms with Gasteiger partial charge in [-0.2, -0.15) is 13.5 Å². The molecule has 4 aliphatic carbocycles. The normalized spacial score (nSPS) is 24.1. The molecule has 16 heteroatoms. The number of hydrogen-bond acceptors (Lipinski definition) is 12. The number of carbonyl (C=O) groups is 3. The summed E-state index contributed by atoms with van der Waals surface area (Å²) < 4.78 is 56.5. The third kappa shape index (κ3) is 11.5. The standard InChI is InChI=1S/C48H69N5O10S/c1-33-15-17-35(18-16-33)64(57,58)61-24-23-60-48-29-45(9)26-46(10,30-48)28-47(27-45,31-48)32-53-34(2)37(25-49-53)36-19-20-38(50-39(36)40(54)59-12)52(42(56)63-44(6,7)8)22-14-13-21-51(11)41(55)62-43(3,4)5/h15-20,25H,13-14,21-24,26-32H2,1-12H3. The van der Waals surface area contributed by atoms with E-state index in [1.807, 2.05) is 39.3 Å². The van der Waals surface area contributed by atoms with Crippen LogP contribution in [0.25, 0.3) is 11.1 Å². The molecule has 4 aliphatic rings. The quantitative estimate of drug-likeness (QED) is 0.0579. The van der Waals surface area contributed by atoms with E-state index in [0.717, 1.165) is 49.8 Å². The fourth-order valence-corrected chi connectivity index (χ4v) is 12.1. The van der Waals surface area contributed by atoms with Gasteiger partial charge in [0.1, 0.15) is 17.0 Å². The van der Waals surface area contributed by atoms with Crippen molar-refractivity contribution in [2.75, 3.05) is 45.4 Å². The molecule has 15 nitrogen and oxygen atoms in total. The fourth-order valence-electron chi connectivity index (χ4n) is 11.2. The summed E-state index contributed by atoms with van der Waals surface area (Å²) in [7, 11) is -0.944. The zero-order valence-electron chi connectivity index (χ0n) is 40.0. The number of carbonyl (C=O) groups excluding carboxylic acids is 3. The minimum absolute atomic E-state index is 0.0358. The second-order valence-corrected chi connectivity index (χ2v) is 23.0. The lowest BCUT2D eigenvalue weighted by Crippen LogP contribution is -2.64. The lowest BCUT2D eigenvalue weighted by molar-refractivity contribution is -0.249. The van der Waals surface area contributed by atoms with Gasteiger partial charge in [0.05, 0.1) is 37.0 Å². The van der Waals surface area contributed by atoms with Crippen molar-refractivity contribution >= 4 is 34.1 Å². The molecular formula is C48H69N5O10S. The van der Waals surface area contributed by atoms with Gasteiger partial charge in [-0.3, -0.25) is 13.8 Å². The Balaban J connectivity index is 1.20. The summed E-state index contributed by atoms with van der Waals surface area (Å²) in [5, 5.41) is 4.91. The number of nitrogens with zero attached hydrogens (tertiary/aromatic N) is 5. The maximum Gasteiger partial charge on any atom is 0.416 e. The van der Waals surface area contributed by atoms with Crippen LogP contribution in [0.1, 0.15) is 129 Å². The molecule has 0 spiro atoms. The third-order valence-electron chi connectivity index (χ3n) is 12.6. The number of methoxy groups -OCH3 is 1. The molecule has 0 aliphatic heterocycles. The summed E-state index contributed by atoms with van der Waals surface area (Å²) in [6, 6.07) is 10.1. The number of amides is 2. The largest absolute Gasteiger partial charge is 0.464 e. The van der Waals surface area contributed by atoms with Gasteiger partial charge in [0.15, 0.2) is 5.69 Å². The Kier molecular flexibility index (Phi) is 13.8. The van der Waals surface area contributed by atoms with Crippen molar-refractivity contribution in [2.24, 2.45) is 16.2 Å². The van der Waals surface area contributed by atoms with Crippen LogP contribution in [0.3, 0.4) is 0 Å². The van der Waals surface area contributed by atoms with E-state index in [-0.39, 0.29) is 52.4 Å². The molecule has 3 aromatic rings. The number of hydrogen-bond donors (Lipinski definition) is 0. The topological polar surface area (TPSA) is 169 Å². The van der Waals surface area contributed by atoms with Crippen molar-refractivity contribution in [1.82, 2.24) is 19.7 Å². The van der Waals surface area contributed by atoms with Gasteiger partial charge in [0, 0.05) is 43.5 Å². The lowest BCUT2D eigenvalue weighted by Gasteiger charge is -2.69. The third-order valence-corrected chi connectivity index (χ3v) is 13.9. The molecule has 2 atom stereocenters. The maximum atomic E-state index is 13.7. The molecule has 0 saturated heterocycles. The van der Waals surface area contributed by atoms with Crippen molar-refractivity contribution in [2.45, 2.75) is 149 Å². The molecule has 4 fully saturated rings.